The molecule has 4 nitrogen and oxygen atoms in total. The minimum Gasteiger partial charge on any atom is -0.399 e. The van der Waals surface area contributed by atoms with E-state index in [0.29, 0.717) is 0 Å². The molecule has 2 aromatic rings. The number of nitrogens with zero attached hydrogens (tertiary/aromatic N) is 2. The highest BCUT2D eigenvalue weighted by molar-refractivity contribution is 6.62. The van der Waals surface area contributed by atoms with E-state index in [1.54, 1.807) is 6.20 Å². The maximum absolute atomic E-state index is 6.13. The summed E-state index contributed by atoms with van der Waals surface area (Å²) < 4.78 is 12.3. The Morgan fingerprint density at radius 3 is 2.26 bits per heavy atom. The zero-order valence-electron chi connectivity index (χ0n) is 14.4. The van der Waals surface area contributed by atoms with Crippen LogP contribution in [-0.4, -0.2) is 30.4 Å². The summed E-state index contributed by atoms with van der Waals surface area (Å²) in [5.41, 5.74) is 1.40. The Morgan fingerprint density at radius 2 is 1.65 bits per heavy atom. The quantitative estimate of drug-likeness (QED) is 0.816. The Hall–Kier alpha value is -1.85. The van der Waals surface area contributed by atoms with E-state index in [1.165, 1.54) is 0 Å². The van der Waals surface area contributed by atoms with Crippen LogP contribution in [0.25, 0.3) is 0 Å². The molecule has 1 aliphatic heterocycles. The molecule has 1 saturated heterocycles. The van der Waals surface area contributed by atoms with Crippen molar-refractivity contribution in [1.29, 1.82) is 0 Å². The third kappa shape index (κ3) is 2.99. The van der Waals surface area contributed by atoms with E-state index in [2.05, 4.69) is 49.7 Å². The van der Waals surface area contributed by atoms with Gasteiger partial charge in [0.15, 0.2) is 0 Å². The fourth-order valence-corrected chi connectivity index (χ4v) is 2.54. The molecule has 0 amide bonds. The predicted molar refractivity (Wildman–Crippen MR) is 94.5 cm³/mol. The van der Waals surface area contributed by atoms with E-state index in [0.717, 1.165) is 17.0 Å². The normalized spacial score (nSPS) is 18.9. The molecule has 0 unspecified atom stereocenters. The van der Waals surface area contributed by atoms with Crippen LogP contribution in [0.5, 0.6) is 0 Å². The first-order chi connectivity index (χ1) is 10.8. The summed E-state index contributed by atoms with van der Waals surface area (Å²) in [5.74, 6) is 0.901. The lowest BCUT2D eigenvalue weighted by Gasteiger charge is -2.32. The minimum absolute atomic E-state index is 0.333. The lowest BCUT2D eigenvalue weighted by atomic mass is 9.79. The zero-order chi connectivity index (χ0) is 16.7. The van der Waals surface area contributed by atoms with Gasteiger partial charge in [-0.15, -0.1) is 0 Å². The highest BCUT2D eigenvalue weighted by Gasteiger charge is 2.51. The summed E-state index contributed by atoms with van der Waals surface area (Å²) in [6, 6.07) is 14.1. The van der Waals surface area contributed by atoms with Gasteiger partial charge in [-0.1, -0.05) is 18.2 Å². The van der Waals surface area contributed by atoms with E-state index >= 15 is 0 Å². The van der Waals surface area contributed by atoms with Crippen LogP contribution in [0.1, 0.15) is 27.7 Å². The van der Waals surface area contributed by atoms with Crippen molar-refractivity contribution in [3.05, 3.63) is 48.7 Å². The summed E-state index contributed by atoms with van der Waals surface area (Å²) in [6.45, 7) is 8.27. The molecule has 0 N–H and O–H groups in total. The smallest absolute Gasteiger partial charge is 0.399 e. The van der Waals surface area contributed by atoms with Crippen molar-refractivity contribution in [2.45, 2.75) is 38.9 Å². The van der Waals surface area contributed by atoms with E-state index in [1.807, 2.05) is 37.4 Å². The second-order valence-electron chi connectivity index (χ2n) is 6.93. The molecule has 1 fully saturated rings. The standard InChI is InChI=1S/C18H23BN2O2/c1-17(2)18(3,4)23-19(22-17)14-9-8-10-15(13-14)21(5)16-11-6-7-12-20-16/h6-13H,1-5H3. The van der Waals surface area contributed by atoms with Gasteiger partial charge in [0, 0.05) is 18.9 Å². The number of anilines is 2. The number of hydrogen-bond acceptors (Lipinski definition) is 4. The van der Waals surface area contributed by atoms with Crippen LogP contribution in [0.4, 0.5) is 11.5 Å². The topological polar surface area (TPSA) is 34.6 Å². The van der Waals surface area contributed by atoms with Gasteiger partial charge in [0.05, 0.1) is 11.2 Å². The van der Waals surface area contributed by atoms with Crippen LogP contribution in [0.2, 0.25) is 0 Å². The molecular weight excluding hydrogens is 287 g/mol. The van der Waals surface area contributed by atoms with Crippen molar-refractivity contribution >= 4 is 24.1 Å². The van der Waals surface area contributed by atoms with Crippen molar-refractivity contribution in [1.82, 2.24) is 4.98 Å². The maximum Gasteiger partial charge on any atom is 0.494 e. The van der Waals surface area contributed by atoms with Gasteiger partial charge in [-0.05, 0) is 57.4 Å². The first-order valence-electron chi connectivity index (χ1n) is 7.90. The molecule has 0 aliphatic carbocycles. The molecule has 0 spiro atoms. The molecule has 0 saturated carbocycles. The van der Waals surface area contributed by atoms with E-state index < -0.39 is 0 Å². The summed E-state index contributed by atoms with van der Waals surface area (Å²) in [4.78, 5) is 6.44. The van der Waals surface area contributed by atoms with Gasteiger partial charge >= 0.3 is 7.12 Å². The third-order valence-electron chi connectivity index (χ3n) is 4.78. The zero-order valence-corrected chi connectivity index (χ0v) is 14.4. The Balaban J connectivity index is 1.87. The van der Waals surface area contributed by atoms with Crippen LogP contribution < -0.4 is 10.4 Å². The summed E-state index contributed by atoms with van der Waals surface area (Å²) in [7, 11) is 1.66. The number of benzene rings is 1. The predicted octanol–water partition coefficient (Wildman–Crippen LogP) is 3.15. The first-order valence-corrected chi connectivity index (χ1v) is 7.90. The first kappa shape index (κ1) is 16.0. The molecule has 3 rings (SSSR count). The van der Waals surface area contributed by atoms with Crippen LogP contribution >= 0.6 is 0 Å². The number of rotatable bonds is 3. The van der Waals surface area contributed by atoms with Crippen LogP contribution in [0.15, 0.2) is 48.7 Å². The molecule has 2 heterocycles. The number of hydrogen-bond donors (Lipinski definition) is 0. The van der Waals surface area contributed by atoms with Gasteiger partial charge in [0.25, 0.3) is 0 Å². The largest absolute Gasteiger partial charge is 0.494 e. The van der Waals surface area contributed by atoms with Gasteiger partial charge in [0.1, 0.15) is 5.82 Å². The van der Waals surface area contributed by atoms with Gasteiger partial charge in [-0.25, -0.2) is 4.98 Å². The average Bonchev–Trinajstić information content (AvgIpc) is 2.76. The molecule has 1 aliphatic rings. The number of aromatic nitrogens is 1. The van der Waals surface area contributed by atoms with E-state index in [-0.39, 0.29) is 18.3 Å². The number of pyridine rings is 1. The highest BCUT2D eigenvalue weighted by atomic mass is 16.7. The summed E-state index contributed by atoms with van der Waals surface area (Å²) in [6.07, 6.45) is 1.80. The van der Waals surface area contributed by atoms with Crippen molar-refractivity contribution in [3.8, 4) is 0 Å². The summed E-state index contributed by atoms with van der Waals surface area (Å²) >= 11 is 0. The van der Waals surface area contributed by atoms with Gasteiger partial charge < -0.3 is 14.2 Å². The summed E-state index contributed by atoms with van der Waals surface area (Å²) in [5, 5.41) is 0. The van der Waals surface area contributed by atoms with Crippen molar-refractivity contribution in [3.63, 3.8) is 0 Å². The fourth-order valence-electron chi connectivity index (χ4n) is 2.54. The average molecular weight is 310 g/mol. The highest BCUT2D eigenvalue weighted by Crippen LogP contribution is 2.36. The Bertz CT molecular complexity index is 672. The second-order valence-corrected chi connectivity index (χ2v) is 6.93. The molecular formula is C18H23BN2O2. The molecule has 0 radical (unpaired) electrons. The molecule has 120 valence electrons. The second kappa shape index (κ2) is 5.66. The molecule has 0 atom stereocenters. The SMILES string of the molecule is CN(c1cccc(B2OC(C)(C)C(C)(C)O2)c1)c1ccccn1. The van der Waals surface area contributed by atoms with Crippen LogP contribution in [0, 0.1) is 0 Å². The van der Waals surface area contributed by atoms with Crippen molar-refractivity contribution in [2.75, 3.05) is 11.9 Å². The van der Waals surface area contributed by atoms with Crippen LogP contribution in [-0.2, 0) is 9.31 Å². The van der Waals surface area contributed by atoms with Gasteiger partial charge in [-0.2, -0.15) is 0 Å². The fraction of sp³-hybridized carbons (Fsp3) is 0.389. The molecule has 23 heavy (non-hydrogen) atoms. The lowest BCUT2D eigenvalue weighted by Crippen LogP contribution is -2.41. The van der Waals surface area contributed by atoms with Crippen molar-refractivity contribution < 1.29 is 9.31 Å². The van der Waals surface area contributed by atoms with Gasteiger partial charge in [-0.3, -0.25) is 0 Å². The van der Waals surface area contributed by atoms with Crippen molar-refractivity contribution in [2.24, 2.45) is 0 Å². The Morgan fingerprint density at radius 1 is 0.957 bits per heavy atom. The van der Waals surface area contributed by atoms with Gasteiger partial charge in [0.2, 0.25) is 0 Å². The van der Waals surface area contributed by atoms with Crippen LogP contribution in [0.3, 0.4) is 0 Å². The minimum atomic E-state index is -0.350. The molecule has 1 aromatic carbocycles. The molecule has 5 heteroatoms. The molecule has 1 aromatic heterocycles. The van der Waals surface area contributed by atoms with E-state index in [9.17, 15) is 0 Å². The Labute approximate surface area is 138 Å². The third-order valence-corrected chi connectivity index (χ3v) is 4.78. The monoisotopic (exact) mass is 310 g/mol. The lowest BCUT2D eigenvalue weighted by molar-refractivity contribution is 0.00578. The molecule has 0 bridgehead atoms. The van der Waals surface area contributed by atoms with E-state index in [4.69, 9.17) is 9.31 Å². The maximum atomic E-state index is 6.13. The Kier molecular flexibility index (Phi) is 3.94.